The highest BCUT2D eigenvalue weighted by Gasteiger charge is 2.28. The van der Waals surface area contributed by atoms with E-state index in [0.717, 1.165) is 23.1 Å². The van der Waals surface area contributed by atoms with Gasteiger partial charge >= 0.3 is 0 Å². The summed E-state index contributed by atoms with van der Waals surface area (Å²) in [5.74, 6) is 1.81. The number of aromatic amines is 1. The van der Waals surface area contributed by atoms with E-state index in [1.165, 1.54) is 0 Å². The van der Waals surface area contributed by atoms with Crippen molar-refractivity contribution in [3.05, 3.63) is 34.6 Å². The van der Waals surface area contributed by atoms with Crippen molar-refractivity contribution < 1.29 is 4.79 Å². The number of carbonyl (C=O) groups is 1. The highest BCUT2D eigenvalue weighted by Crippen LogP contribution is 2.18. The molecule has 1 saturated heterocycles. The predicted octanol–water partition coefficient (Wildman–Crippen LogP) is 2.13. The molecule has 124 valence electrons. The van der Waals surface area contributed by atoms with E-state index >= 15 is 0 Å². The van der Waals surface area contributed by atoms with Gasteiger partial charge in [-0.15, -0.1) is 12.4 Å². The molecule has 0 saturated carbocycles. The SMILES string of the molecule is CC(C(=O)NCc1nc(-c2ccc(Br)cc2)n[nH]1)C1CNC1.Cl. The van der Waals surface area contributed by atoms with E-state index < -0.39 is 0 Å². The number of amides is 1. The van der Waals surface area contributed by atoms with Gasteiger partial charge in [-0.05, 0) is 31.1 Å². The third-order valence-electron chi connectivity index (χ3n) is 4.00. The number of nitrogens with zero attached hydrogens (tertiary/aromatic N) is 2. The number of hydrogen-bond donors (Lipinski definition) is 3. The van der Waals surface area contributed by atoms with E-state index in [-0.39, 0.29) is 24.2 Å². The Morgan fingerprint density at radius 2 is 2.09 bits per heavy atom. The quantitative estimate of drug-likeness (QED) is 0.718. The van der Waals surface area contributed by atoms with Gasteiger partial charge in [-0.3, -0.25) is 9.89 Å². The van der Waals surface area contributed by atoms with E-state index in [1.54, 1.807) is 0 Å². The maximum atomic E-state index is 12.1. The molecular formula is C15H19BrClN5O. The zero-order valence-electron chi connectivity index (χ0n) is 12.7. The van der Waals surface area contributed by atoms with E-state index in [1.807, 2.05) is 31.2 Å². The average Bonchev–Trinajstić information content (AvgIpc) is 2.92. The Morgan fingerprint density at radius 1 is 1.39 bits per heavy atom. The molecule has 0 aliphatic carbocycles. The third-order valence-corrected chi connectivity index (χ3v) is 4.53. The van der Waals surface area contributed by atoms with Gasteiger partial charge in [0.2, 0.25) is 5.91 Å². The molecule has 8 heteroatoms. The minimum Gasteiger partial charge on any atom is -0.349 e. The number of benzene rings is 1. The fourth-order valence-corrected chi connectivity index (χ4v) is 2.58. The van der Waals surface area contributed by atoms with Crippen molar-refractivity contribution in [2.75, 3.05) is 13.1 Å². The zero-order valence-corrected chi connectivity index (χ0v) is 15.1. The molecule has 1 unspecified atom stereocenters. The smallest absolute Gasteiger partial charge is 0.223 e. The van der Waals surface area contributed by atoms with Crippen LogP contribution in [0.5, 0.6) is 0 Å². The average molecular weight is 401 g/mol. The van der Waals surface area contributed by atoms with Crippen LogP contribution in [0.1, 0.15) is 12.7 Å². The van der Waals surface area contributed by atoms with Crippen LogP contribution in [-0.2, 0) is 11.3 Å². The highest BCUT2D eigenvalue weighted by molar-refractivity contribution is 9.10. The second-order valence-electron chi connectivity index (χ2n) is 5.54. The van der Waals surface area contributed by atoms with Crippen molar-refractivity contribution in [2.24, 2.45) is 11.8 Å². The number of carbonyl (C=O) groups excluding carboxylic acids is 1. The summed E-state index contributed by atoms with van der Waals surface area (Å²) in [5, 5.41) is 13.2. The molecule has 6 nitrogen and oxygen atoms in total. The van der Waals surface area contributed by atoms with Gasteiger partial charge in [0.05, 0.1) is 6.54 Å². The molecule has 1 aliphatic heterocycles. The summed E-state index contributed by atoms with van der Waals surface area (Å²) in [6, 6.07) is 7.78. The first-order valence-electron chi connectivity index (χ1n) is 7.29. The summed E-state index contributed by atoms with van der Waals surface area (Å²) in [5.41, 5.74) is 0.936. The summed E-state index contributed by atoms with van der Waals surface area (Å²) >= 11 is 3.40. The van der Waals surface area contributed by atoms with Crippen LogP contribution in [0.15, 0.2) is 28.7 Å². The van der Waals surface area contributed by atoms with Gasteiger partial charge in [-0.1, -0.05) is 35.0 Å². The Labute approximate surface area is 149 Å². The van der Waals surface area contributed by atoms with Gasteiger partial charge in [-0.2, -0.15) is 5.10 Å². The normalized spacial score (nSPS) is 15.4. The molecule has 1 aromatic heterocycles. The summed E-state index contributed by atoms with van der Waals surface area (Å²) in [4.78, 5) is 16.5. The number of rotatable bonds is 5. The van der Waals surface area contributed by atoms with Gasteiger partial charge < -0.3 is 10.6 Å². The van der Waals surface area contributed by atoms with Crippen LogP contribution in [0, 0.1) is 11.8 Å². The van der Waals surface area contributed by atoms with Gasteiger partial charge in [-0.25, -0.2) is 4.98 Å². The number of hydrogen-bond acceptors (Lipinski definition) is 4. The Balaban J connectivity index is 0.00000192. The monoisotopic (exact) mass is 399 g/mol. The fourth-order valence-electron chi connectivity index (χ4n) is 2.31. The van der Waals surface area contributed by atoms with Gasteiger partial charge in [0.25, 0.3) is 0 Å². The molecule has 1 fully saturated rings. The molecule has 1 aliphatic rings. The van der Waals surface area contributed by atoms with Gasteiger partial charge in [0.1, 0.15) is 5.82 Å². The number of nitrogens with one attached hydrogen (secondary N) is 3. The van der Waals surface area contributed by atoms with Crippen LogP contribution in [0.2, 0.25) is 0 Å². The summed E-state index contributed by atoms with van der Waals surface area (Å²) in [6.45, 7) is 4.18. The van der Waals surface area contributed by atoms with Crippen molar-refractivity contribution in [1.29, 1.82) is 0 Å². The Hall–Kier alpha value is -1.44. The second-order valence-corrected chi connectivity index (χ2v) is 6.45. The van der Waals surface area contributed by atoms with Crippen molar-refractivity contribution in [3.8, 4) is 11.4 Å². The number of halogens is 2. The van der Waals surface area contributed by atoms with Crippen LogP contribution in [0.3, 0.4) is 0 Å². The summed E-state index contributed by atoms with van der Waals surface area (Å²) < 4.78 is 1.01. The Morgan fingerprint density at radius 3 is 2.70 bits per heavy atom. The molecule has 1 amide bonds. The lowest BCUT2D eigenvalue weighted by molar-refractivity contribution is -0.126. The molecule has 0 spiro atoms. The molecule has 3 rings (SSSR count). The maximum absolute atomic E-state index is 12.1. The molecular weight excluding hydrogens is 382 g/mol. The maximum Gasteiger partial charge on any atom is 0.223 e. The number of aromatic nitrogens is 3. The first kappa shape index (κ1) is 17.9. The summed E-state index contributed by atoms with van der Waals surface area (Å²) in [6.07, 6.45) is 0. The highest BCUT2D eigenvalue weighted by atomic mass is 79.9. The first-order chi connectivity index (χ1) is 10.6. The van der Waals surface area contributed by atoms with Crippen molar-refractivity contribution >= 4 is 34.2 Å². The zero-order chi connectivity index (χ0) is 15.5. The molecule has 0 radical (unpaired) electrons. The number of H-pyrrole nitrogens is 1. The Kier molecular flexibility index (Phi) is 6.15. The standard InChI is InChI=1S/C15H18BrN5O.ClH/c1-9(11-6-17-7-11)15(22)18-8-13-19-14(21-20-13)10-2-4-12(16)5-3-10;/h2-5,9,11,17H,6-8H2,1H3,(H,18,22)(H,19,20,21);1H. The third kappa shape index (κ3) is 4.31. The van der Waals surface area contributed by atoms with Crippen LogP contribution in [0.25, 0.3) is 11.4 Å². The van der Waals surface area contributed by atoms with Crippen molar-refractivity contribution in [3.63, 3.8) is 0 Å². The fraction of sp³-hybridized carbons (Fsp3) is 0.400. The first-order valence-corrected chi connectivity index (χ1v) is 8.08. The molecule has 0 bridgehead atoms. The molecule has 3 N–H and O–H groups in total. The molecule has 1 aromatic carbocycles. The lowest BCUT2D eigenvalue weighted by Gasteiger charge is -2.31. The predicted molar refractivity (Wildman–Crippen MR) is 94.1 cm³/mol. The minimum atomic E-state index is 0. The van der Waals surface area contributed by atoms with E-state index in [4.69, 9.17) is 0 Å². The van der Waals surface area contributed by atoms with Crippen molar-refractivity contribution in [1.82, 2.24) is 25.8 Å². The van der Waals surface area contributed by atoms with Crippen LogP contribution < -0.4 is 10.6 Å². The lowest BCUT2D eigenvalue weighted by Crippen LogP contribution is -2.49. The van der Waals surface area contributed by atoms with E-state index in [9.17, 15) is 4.79 Å². The minimum absolute atomic E-state index is 0. The van der Waals surface area contributed by atoms with Crippen LogP contribution in [-0.4, -0.2) is 34.2 Å². The van der Waals surface area contributed by atoms with Gasteiger partial charge in [0, 0.05) is 16.0 Å². The topological polar surface area (TPSA) is 82.7 Å². The van der Waals surface area contributed by atoms with Crippen molar-refractivity contribution in [2.45, 2.75) is 13.5 Å². The Bertz CT molecular complexity index is 656. The molecule has 2 aromatic rings. The molecule has 2 heterocycles. The largest absolute Gasteiger partial charge is 0.349 e. The second kappa shape index (κ2) is 7.90. The van der Waals surface area contributed by atoms with Gasteiger partial charge in [0.15, 0.2) is 5.82 Å². The molecule has 1 atom stereocenters. The van der Waals surface area contributed by atoms with E-state index in [2.05, 4.69) is 41.7 Å². The van der Waals surface area contributed by atoms with E-state index in [0.29, 0.717) is 24.1 Å². The van der Waals surface area contributed by atoms with Crippen LogP contribution in [0.4, 0.5) is 0 Å². The van der Waals surface area contributed by atoms with Crippen LogP contribution >= 0.6 is 28.3 Å². The molecule has 23 heavy (non-hydrogen) atoms. The summed E-state index contributed by atoms with van der Waals surface area (Å²) in [7, 11) is 0. The lowest BCUT2D eigenvalue weighted by atomic mass is 9.88.